The highest BCUT2D eigenvalue weighted by Crippen LogP contribution is 2.44. The normalized spacial score (nSPS) is 22.9. The predicted octanol–water partition coefficient (Wildman–Crippen LogP) is 2.49. The molecule has 3 unspecified atom stereocenters. The molecule has 2 aliphatic carbocycles. The van der Waals surface area contributed by atoms with Gasteiger partial charge in [-0.2, -0.15) is 5.10 Å². The number of carbonyl (C=O) groups is 1. The number of guanidine groups is 1. The second kappa shape index (κ2) is 8.90. The van der Waals surface area contributed by atoms with Gasteiger partial charge in [-0.25, -0.2) is 9.67 Å². The zero-order valence-electron chi connectivity index (χ0n) is 18.1. The summed E-state index contributed by atoms with van der Waals surface area (Å²) in [5.74, 6) is 2.32. The Morgan fingerprint density at radius 1 is 1.23 bits per heavy atom. The van der Waals surface area contributed by atoms with Crippen LogP contribution in [-0.4, -0.2) is 53.2 Å². The molecule has 1 aromatic carbocycles. The summed E-state index contributed by atoms with van der Waals surface area (Å²) in [6.45, 7) is 2.74. The molecule has 160 valence electrons. The van der Waals surface area contributed by atoms with Gasteiger partial charge in [0.15, 0.2) is 5.96 Å². The van der Waals surface area contributed by atoms with Gasteiger partial charge >= 0.3 is 0 Å². The number of para-hydroxylation sites is 1. The van der Waals surface area contributed by atoms with Crippen LogP contribution in [0.25, 0.3) is 5.69 Å². The van der Waals surface area contributed by atoms with Gasteiger partial charge in [0.1, 0.15) is 0 Å². The van der Waals surface area contributed by atoms with Crippen molar-refractivity contribution >= 4 is 11.9 Å². The number of amides is 1. The largest absolute Gasteiger partial charge is 0.353 e. The van der Waals surface area contributed by atoms with Crippen molar-refractivity contribution in [3.63, 3.8) is 0 Å². The number of aromatic nitrogens is 2. The van der Waals surface area contributed by atoms with E-state index in [1.165, 1.54) is 25.7 Å². The van der Waals surface area contributed by atoms with E-state index >= 15 is 0 Å². The standard InChI is InChI=1S/C23H32N6O/c1-16-10-11-29(27-16)21-7-5-4-6-19(21)14-24-23(25-15-22(30)28(2)3)26-20-13-17-8-9-18(20)12-17/h4-7,10-11,17-18,20H,8-9,12-15H2,1-3H3,(H2,24,25,26). The van der Waals surface area contributed by atoms with Crippen molar-refractivity contribution in [2.24, 2.45) is 16.8 Å². The number of benzene rings is 1. The third-order valence-corrected chi connectivity index (χ3v) is 6.33. The lowest BCUT2D eigenvalue weighted by atomic mass is 9.95. The van der Waals surface area contributed by atoms with Crippen LogP contribution >= 0.6 is 0 Å². The summed E-state index contributed by atoms with van der Waals surface area (Å²) < 4.78 is 1.90. The van der Waals surface area contributed by atoms with E-state index in [1.54, 1.807) is 19.0 Å². The Kier molecular flexibility index (Phi) is 6.06. The summed E-state index contributed by atoms with van der Waals surface area (Å²) in [5, 5.41) is 11.4. The van der Waals surface area contributed by atoms with Gasteiger partial charge in [0.2, 0.25) is 5.91 Å². The molecule has 7 nitrogen and oxygen atoms in total. The lowest BCUT2D eigenvalue weighted by Crippen LogP contribution is -2.48. The monoisotopic (exact) mass is 408 g/mol. The topological polar surface area (TPSA) is 74.6 Å². The van der Waals surface area contributed by atoms with Crippen molar-refractivity contribution in [1.29, 1.82) is 0 Å². The highest BCUT2D eigenvalue weighted by molar-refractivity contribution is 5.86. The van der Waals surface area contributed by atoms with Crippen molar-refractivity contribution in [1.82, 2.24) is 25.3 Å². The van der Waals surface area contributed by atoms with Crippen LogP contribution in [0.5, 0.6) is 0 Å². The molecule has 3 atom stereocenters. The van der Waals surface area contributed by atoms with Gasteiger partial charge in [-0.3, -0.25) is 4.79 Å². The SMILES string of the molecule is Cc1ccn(-c2ccccc2CN=C(NCC(=O)N(C)C)NC2CC3CCC2C3)n1. The van der Waals surface area contributed by atoms with Crippen LogP contribution < -0.4 is 10.6 Å². The first-order valence-electron chi connectivity index (χ1n) is 10.8. The minimum Gasteiger partial charge on any atom is -0.353 e. The lowest BCUT2D eigenvalue weighted by Gasteiger charge is -2.25. The van der Waals surface area contributed by atoms with E-state index in [-0.39, 0.29) is 12.5 Å². The molecule has 4 rings (SSSR count). The molecule has 1 amide bonds. The number of nitrogens with zero attached hydrogens (tertiary/aromatic N) is 4. The number of hydrogen-bond donors (Lipinski definition) is 2. The quantitative estimate of drug-likeness (QED) is 0.569. The van der Waals surface area contributed by atoms with E-state index in [9.17, 15) is 4.79 Å². The smallest absolute Gasteiger partial charge is 0.241 e. The summed E-state index contributed by atoms with van der Waals surface area (Å²) in [6.07, 6.45) is 7.16. The van der Waals surface area contributed by atoms with Crippen molar-refractivity contribution in [2.45, 2.75) is 45.2 Å². The van der Waals surface area contributed by atoms with Gasteiger partial charge in [0.05, 0.1) is 24.5 Å². The Morgan fingerprint density at radius 2 is 2.07 bits per heavy atom. The molecule has 2 saturated carbocycles. The highest BCUT2D eigenvalue weighted by atomic mass is 16.2. The van der Waals surface area contributed by atoms with Crippen molar-refractivity contribution in [2.75, 3.05) is 20.6 Å². The molecule has 7 heteroatoms. The zero-order valence-corrected chi connectivity index (χ0v) is 18.1. The number of hydrogen-bond acceptors (Lipinski definition) is 3. The summed E-state index contributed by atoms with van der Waals surface area (Å²) in [6, 6.07) is 10.6. The molecule has 2 aliphatic rings. The number of rotatable bonds is 6. The maximum atomic E-state index is 12.1. The molecule has 0 spiro atoms. The first-order valence-corrected chi connectivity index (χ1v) is 10.8. The molecule has 0 radical (unpaired) electrons. The number of likely N-dealkylation sites (N-methyl/N-ethyl adjacent to an activating group) is 1. The Bertz CT molecular complexity index is 918. The minimum atomic E-state index is 0.0323. The Balaban J connectivity index is 1.50. The molecule has 30 heavy (non-hydrogen) atoms. The van der Waals surface area contributed by atoms with Crippen LogP contribution in [0.4, 0.5) is 0 Å². The van der Waals surface area contributed by atoms with E-state index in [1.807, 2.05) is 36.0 Å². The van der Waals surface area contributed by atoms with Crippen LogP contribution in [0.2, 0.25) is 0 Å². The second-order valence-electron chi connectivity index (χ2n) is 8.76. The Labute approximate surface area is 178 Å². The van der Waals surface area contributed by atoms with Crippen molar-refractivity contribution < 1.29 is 4.79 Å². The van der Waals surface area contributed by atoms with E-state index in [0.29, 0.717) is 18.5 Å². The zero-order chi connectivity index (χ0) is 21.1. The molecule has 2 aromatic rings. The number of nitrogens with one attached hydrogen (secondary N) is 2. The van der Waals surface area contributed by atoms with Crippen LogP contribution in [0.1, 0.15) is 36.9 Å². The fourth-order valence-corrected chi connectivity index (χ4v) is 4.65. The first-order chi connectivity index (χ1) is 14.5. The van der Waals surface area contributed by atoms with Crippen molar-refractivity contribution in [3.05, 3.63) is 47.8 Å². The fraction of sp³-hybridized carbons (Fsp3) is 0.522. The van der Waals surface area contributed by atoms with Gasteiger partial charge in [-0.05, 0) is 55.7 Å². The third-order valence-electron chi connectivity index (χ3n) is 6.33. The van der Waals surface area contributed by atoms with Crippen LogP contribution in [0.15, 0.2) is 41.5 Å². The number of carbonyl (C=O) groups excluding carboxylic acids is 1. The highest BCUT2D eigenvalue weighted by Gasteiger charge is 2.39. The summed E-state index contributed by atoms with van der Waals surface area (Å²) in [5.41, 5.74) is 3.10. The molecule has 0 saturated heterocycles. The van der Waals surface area contributed by atoms with E-state index in [0.717, 1.165) is 28.8 Å². The molecule has 0 aliphatic heterocycles. The van der Waals surface area contributed by atoms with E-state index in [4.69, 9.17) is 4.99 Å². The van der Waals surface area contributed by atoms with Gasteiger partial charge in [0.25, 0.3) is 0 Å². The molecule has 1 aromatic heterocycles. The fourth-order valence-electron chi connectivity index (χ4n) is 4.65. The molecule has 2 N–H and O–H groups in total. The molecular formula is C23H32N6O. The average Bonchev–Trinajstić information content (AvgIpc) is 3.47. The molecule has 1 heterocycles. The molecule has 2 fully saturated rings. The van der Waals surface area contributed by atoms with Crippen LogP contribution in [0.3, 0.4) is 0 Å². The average molecular weight is 409 g/mol. The van der Waals surface area contributed by atoms with E-state index < -0.39 is 0 Å². The lowest BCUT2D eigenvalue weighted by molar-refractivity contribution is -0.127. The van der Waals surface area contributed by atoms with Crippen LogP contribution in [-0.2, 0) is 11.3 Å². The van der Waals surface area contributed by atoms with Gasteiger partial charge in [-0.1, -0.05) is 24.6 Å². The van der Waals surface area contributed by atoms with Crippen LogP contribution in [0, 0.1) is 18.8 Å². The minimum absolute atomic E-state index is 0.0323. The maximum absolute atomic E-state index is 12.1. The molecular weight excluding hydrogens is 376 g/mol. The summed E-state index contributed by atoms with van der Waals surface area (Å²) in [7, 11) is 3.54. The third kappa shape index (κ3) is 4.66. The van der Waals surface area contributed by atoms with Gasteiger partial charge in [0, 0.05) is 26.3 Å². The number of aliphatic imine (C=N–C) groups is 1. The second-order valence-corrected chi connectivity index (χ2v) is 8.76. The summed E-state index contributed by atoms with van der Waals surface area (Å²) in [4.78, 5) is 18.5. The Morgan fingerprint density at radius 3 is 2.73 bits per heavy atom. The predicted molar refractivity (Wildman–Crippen MR) is 119 cm³/mol. The van der Waals surface area contributed by atoms with E-state index in [2.05, 4.69) is 27.9 Å². The maximum Gasteiger partial charge on any atom is 0.241 e. The summed E-state index contributed by atoms with van der Waals surface area (Å²) >= 11 is 0. The van der Waals surface area contributed by atoms with Gasteiger partial charge in [-0.15, -0.1) is 0 Å². The Hall–Kier alpha value is -2.83. The van der Waals surface area contributed by atoms with Gasteiger partial charge < -0.3 is 15.5 Å². The first kappa shape index (κ1) is 20.4. The number of aryl methyl sites for hydroxylation is 1. The van der Waals surface area contributed by atoms with Crippen molar-refractivity contribution in [3.8, 4) is 5.69 Å². The number of fused-ring (bicyclic) bond motifs is 2. The molecule has 2 bridgehead atoms.